The maximum absolute atomic E-state index is 12.0. The van der Waals surface area contributed by atoms with Crippen LogP contribution < -0.4 is 11.1 Å². The number of hydrogen-bond acceptors (Lipinski definition) is 4. The van der Waals surface area contributed by atoms with Gasteiger partial charge in [0.15, 0.2) is 0 Å². The highest BCUT2D eigenvalue weighted by Crippen LogP contribution is 2.29. The molecule has 1 heterocycles. The second-order valence-corrected chi connectivity index (χ2v) is 5.86. The Morgan fingerprint density at radius 1 is 1.33 bits per heavy atom. The summed E-state index contributed by atoms with van der Waals surface area (Å²) in [7, 11) is 0. The summed E-state index contributed by atoms with van der Waals surface area (Å²) in [5.41, 5.74) is 7.14. The molecule has 2 aliphatic rings. The van der Waals surface area contributed by atoms with Crippen molar-refractivity contribution in [1.29, 1.82) is 0 Å². The molecule has 1 aliphatic carbocycles. The lowest BCUT2D eigenvalue weighted by Gasteiger charge is -2.37. The standard InChI is InChI=1S/C16H23N3O2/c17-12-4-6-13(7-5-12)18-16(20)8-9-19-10-11-21-15-3-1-2-14(15)19/h4-7,14-15H,1-3,8-11,17H2,(H,18,20). The molecular formula is C16H23N3O2. The van der Waals surface area contributed by atoms with E-state index < -0.39 is 0 Å². The van der Waals surface area contributed by atoms with Gasteiger partial charge in [0, 0.05) is 36.9 Å². The minimum Gasteiger partial charge on any atom is -0.399 e. The maximum atomic E-state index is 12.0. The van der Waals surface area contributed by atoms with Gasteiger partial charge >= 0.3 is 0 Å². The van der Waals surface area contributed by atoms with Gasteiger partial charge in [-0.1, -0.05) is 0 Å². The number of fused-ring (bicyclic) bond motifs is 1. The first-order valence-corrected chi connectivity index (χ1v) is 7.73. The molecule has 0 bridgehead atoms. The van der Waals surface area contributed by atoms with Gasteiger partial charge in [0.05, 0.1) is 12.7 Å². The first-order chi connectivity index (χ1) is 10.2. The fourth-order valence-corrected chi connectivity index (χ4v) is 3.32. The van der Waals surface area contributed by atoms with E-state index in [0.29, 0.717) is 24.3 Å². The molecule has 114 valence electrons. The number of nitrogens with two attached hydrogens (primary N) is 1. The van der Waals surface area contributed by atoms with Crippen LogP contribution in [0.4, 0.5) is 11.4 Å². The number of amides is 1. The van der Waals surface area contributed by atoms with Gasteiger partial charge in [0.1, 0.15) is 0 Å². The van der Waals surface area contributed by atoms with E-state index in [1.807, 2.05) is 12.1 Å². The summed E-state index contributed by atoms with van der Waals surface area (Å²) in [6.45, 7) is 2.54. The number of carbonyl (C=O) groups excluding carboxylic acids is 1. The van der Waals surface area contributed by atoms with Crippen molar-refractivity contribution in [2.24, 2.45) is 0 Å². The van der Waals surface area contributed by atoms with E-state index in [9.17, 15) is 4.79 Å². The van der Waals surface area contributed by atoms with Crippen LogP contribution in [0.15, 0.2) is 24.3 Å². The molecule has 1 saturated heterocycles. The molecular weight excluding hydrogens is 266 g/mol. The molecule has 2 atom stereocenters. The van der Waals surface area contributed by atoms with Crippen LogP contribution in [0.5, 0.6) is 0 Å². The molecule has 3 rings (SSSR count). The molecule has 3 N–H and O–H groups in total. The Morgan fingerprint density at radius 2 is 2.14 bits per heavy atom. The molecule has 0 aromatic heterocycles. The van der Waals surface area contributed by atoms with Gasteiger partial charge in [0.2, 0.25) is 5.91 Å². The Morgan fingerprint density at radius 3 is 2.95 bits per heavy atom. The summed E-state index contributed by atoms with van der Waals surface area (Å²) in [4.78, 5) is 14.5. The van der Waals surface area contributed by atoms with E-state index >= 15 is 0 Å². The molecule has 1 amide bonds. The van der Waals surface area contributed by atoms with Crippen LogP contribution >= 0.6 is 0 Å². The van der Waals surface area contributed by atoms with Crippen molar-refractivity contribution in [1.82, 2.24) is 4.90 Å². The molecule has 1 aliphatic heterocycles. The highest BCUT2D eigenvalue weighted by atomic mass is 16.5. The van der Waals surface area contributed by atoms with Gasteiger partial charge in [-0.15, -0.1) is 0 Å². The van der Waals surface area contributed by atoms with Gasteiger partial charge in [-0.2, -0.15) is 0 Å². The Hall–Kier alpha value is -1.59. The number of carbonyl (C=O) groups is 1. The second kappa shape index (κ2) is 6.45. The average molecular weight is 289 g/mol. The Bertz CT molecular complexity index is 489. The summed E-state index contributed by atoms with van der Waals surface area (Å²) in [5, 5.41) is 2.92. The third-order valence-electron chi connectivity index (χ3n) is 4.42. The largest absolute Gasteiger partial charge is 0.399 e. The van der Waals surface area contributed by atoms with Crippen molar-refractivity contribution < 1.29 is 9.53 Å². The monoisotopic (exact) mass is 289 g/mol. The molecule has 2 unspecified atom stereocenters. The first-order valence-electron chi connectivity index (χ1n) is 7.73. The number of benzene rings is 1. The van der Waals surface area contributed by atoms with E-state index in [-0.39, 0.29) is 5.91 Å². The minimum atomic E-state index is 0.0563. The zero-order chi connectivity index (χ0) is 14.7. The van der Waals surface area contributed by atoms with Crippen molar-refractivity contribution in [3.63, 3.8) is 0 Å². The summed E-state index contributed by atoms with van der Waals surface area (Å²) in [5.74, 6) is 0.0563. The van der Waals surface area contributed by atoms with Crippen molar-refractivity contribution in [2.45, 2.75) is 37.8 Å². The number of rotatable bonds is 4. The molecule has 5 heteroatoms. The molecule has 1 aromatic carbocycles. The van der Waals surface area contributed by atoms with E-state index in [0.717, 1.165) is 25.4 Å². The molecule has 1 aromatic rings. The van der Waals surface area contributed by atoms with Crippen LogP contribution in [-0.2, 0) is 9.53 Å². The molecule has 5 nitrogen and oxygen atoms in total. The molecule has 21 heavy (non-hydrogen) atoms. The number of morpholine rings is 1. The molecule has 0 spiro atoms. The van der Waals surface area contributed by atoms with Crippen molar-refractivity contribution in [3.05, 3.63) is 24.3 Å². The Kier molecular flexibility index (Phi) is 4.41. The zero-order valence-electron chi connectivity index (χ0n) is 12.3. The lowest BCUT2D eigenvalue weighted by Crippen LogP contribution is -2.49. The third-order valence-corrected chi connectivity index (χ3v) is 4.42. The van der Waals surface area contributed by atoms with E-state index in [1.54, 1.807) is 12.1 Å². The lowest BCUT2D eigenvalue weighted by atomic mass is 10.1. The topological polar surface area (TPSA) is 67.6 Å². The normalized spacial score (nSPS) is 25.5. The van der Waals surface area contributed by atoms with Gasteiger partial charge < -0.3 is 15.8 Å². The summed E-state index contributed by atoms with van der Waals surface area (Å²) >= 11 is 0. The predicted octanol–water partition coefficient (Wildman–Crippen LogP) is 1.85. The number of nitrogens with zero attached hydrogens (tertiary/aromatic N) is 1. The molecule has 1 saturated carbocycles. The SMILES string of the molecule is Nc1ccc(NC(=O)CCN2CCOC3CCCC32)cc1. The third kappa shape index (κ3) is 3.54. The van der Waals surface area contributed by atoms with Gasteiger partial charge in [-0.3, -0.25) is 9.69 Å². The number of nitrogen functional groups attached to an aromatic ring is 1. The molecule has 2 fully saturated rings. The maximum Gasteiger partial charge on any atom is 0.225 e. The summed E-state index contributed by atoms with van der Waals surface area (Å²) < 4.78 is 5.79. The highest BCUT2D eigenvalue weighted by Gasteiger charge is 2.35. The lowest BCUT2D eigenvalue weighted by molar-refractivity contribution is -0.117. The van der Waals surface area contributed by atoms with Crippen molar-refractivity contribution in [2.75, 3.05) is 30.7 Å². The number of anilines is 2. The minimum absolute atomic E-state index is 0.0563. The number of ether oxygens (including phenoxy) is 1. The highest BCUT2D eigenvalue weighted by molar-refractivity contribution is 5.90. The fourth-order valence-electron chi connectivity index (χ4n) is 3.32. The van der Waals surface area contributed by atoms with Gasteiger partial charge in [0.25, 0.3) is 0 Å². The Labute approximate surface area is 125 Å². The van der Waals surface area contributed by atoms with Crippen LogP contribution in [0.1, 0.15) is 25.7 Å². The number of nitrogens with one attached hydrogen (secondary N) is 1. The van der Waals surface area contributed by atoms with Gasteiger partial charge in [-0.25, -0.2) is 0 Å². The zero-order valence-corrected chi connectivity index (χ0v) is 12.3. The van der Waals surface area contributed by atoms with E-state index in [4.69, 9.17) is 10.5 Å². The van der Waals surface area contributed by atoms with Crippen LogP contribution in [-0.4, -0.2) is 42.6 Å². The smallest absolute Gasteiger partial charge is 0.225 e. The fraction of sp³-hybridized carbons (Fsp3) is 0.562. The predicted molar refractivity (Wildman–Crippen MR) is 83.1 cm³/mol. The summed E-state index contributed by atoms with van der Waals surface area (Å²) in [6.07, 6.45) is 4.51. The molecule has 0 radical (unpaired) electrons. The summed E-state index contributed by atoms with van der Waals surface area (Å²) in [6, 6.07) is 7.76. The van der Waals surface area contributed by atoms with Crippen LogP contribution in [0.3, 0.4) is 0 Å². The average Bonchev–Trinajstić information content (AvgIpc) is 2.96. The van der Waals surface area contributed by atoms with E-state index in [2.05, 4.69) is 10.2 Å². The van der Waals surface area contributed by atoms with Crippen LogP contribution in [0.25, 0.3) is 0 Å². The van der Waals surface area contributed by atoms with E-state index in [1.165, 1.54) is 19.3 Å². The van der Waals surface area contributed by atoms with Crippen LogP contribution in [0.2, 0.25) is 0 Å². The van der Waals surface area contributed by atoms with Gasteiger partial charge in [-0.05, 0) is 43.5 Å². The second-order valence-electron chi connectivity index (χ2n) is 5.86. The quantitative estimate of drug-likeness (QED) is 0.830. The van der Waals surface area contributed by atoms with Crippen LogP contribution in [0, 0.1) is 0 Å². The Balaban J connectivity index is 1.48. The van der Waals surface area contributed by atoms with Crippen molar-refractivity contribution in [3.8, 4) is 0 Å². The first kappa shape index (κ1) is 14.4. The van der Waals surface area contributed by atoms with Crippen molar-refractivity contribution >= 4 is 17.3 Å². The number of hydrogen-bond donors (Lipinski definition) is 2.